The summed E-state index contributed by atoms with van der Waals surface area (Å²) in [4.78, 5) is 28.4. The molecule has 0 unspecified atom stereocenters. The quantitative estimate of drug-likeness (QED) is 0.659. The maximum atomic E-state index is 12.3. The molecule has 2 heterocycles. The zero-order chi connectivity index (χ0) is 21.3. The molecule has 1 amide bonds. The molecular formula is C21H21Cl3N4O2. The van der Waals surface area contributed by atoms with Gasteiger partial charge in [-0.1, -0.05) is 40.9 Å². The van der Waals surface area contributed by atoms with Gasteiger partial charge in [0.15, 0.2) is 0 Å². The molecule has 0 bridgehead atoms. The van der Waals surface area contributed by atoms with Crippen molar-refractivity contribution in [3.05, 3.63) is 62.6 Å². The van der Waals surface area contributed by atoms with E-state index in [4.69, 9.17) is 34.8 Å². The van der Waals surface area contributed by atoms with E-state index in [-0.39, 0.29) is 0 Å². The number of piperazine rings is 1. The predicted molar refractivity (Wildman–Crippen MR) is 119 cm³/mol. The minimum absolute atomic E-state index is 0.391. The Morgan fingerprint density at radius 3 is 2.30 bits per heavy atom. The summed E-state index contributed by atoms with van der Waals surface area (Å²) in [5, 5.41) is 3.91. The van der Waals surface area contributed by atoms with Crippen LogP contribution in [0.3, 0.4) is 0 Å². The van der Waals surface area contributed by atoms with Crippen LogP contribution in [0.15, 0.2) is 36.4 Å². The topological polar surface area (TPSA) is 55.9 Å². The fourth-order valence-corrected chi connectivity index (χ4v) is 4.38. The Hall–Kier alpha value is -1.67. The molecule has 0 saturated carbocycles. The Bertz CT molecular complexity index is 977. The maximum absolute atomic E-state index is 12.3. The monoisotopic (exact) mass is 466 g/mol. The number of amides is 1. The zero-order valence-electron chi connectivity index (χ0n) is 16.2. The Morgan fingerprint density at radius 2 is 1.57 bits per heavy atom. The molecule has 0 atom stereocenters. The molecular weight excluding hydrogens is 447 g/mol. The zero-order valence-corrected chi connectivity index (χ0v) is 18.5. The molecule has 1 N–H and O–H groups in total. The van der Waals surface area contributed by atoms with Crippen LogP contribution in [0, 0.1) is 0 Å². The van der Waals surface area contributed by atoms with E-state index in [0.29, 0.717) is 46.0 Å². The van der Waals surface area contributed by atoms with Crippen molar-refractivity contribution in [2.75, 3.05) is 44.2 Å². The van der Waals surface area contributed by atoms with Crippen molar-refractivity contribution in [2.45, 2.75) is 6.54 Å². The summed E-state index contributed by atoms with van der Waals surface area (Å²) in [6, 6.07) is 10.5. The molecule has 2 aliphatic heterocycles. The first kappa shape index (κ1) is 21.6. The number of anilines is 1. The number of hydrogen-bond acceptors (Lipinski definition) is 5. The van der Waals surface area contributed by atoms with Gasteiger partial charge in [-0.2, -0.15) is 0 Å². The number of halogens is 3. The van der Waals surface area contributed by atoms with E-state index in [9.17, 15) is 9.59 Å². The summed E-state index contributed by atoms with van der Waals surface area (Å²) < 4.78 is 0. The van der Waals surface area contributed by atoms with Gasteiger partial charge in [-0.05, 0) is 35.9 Å². The molecule has 0 aliphatic carbocycles. The van der Waals surface area contributed by atoms with Crippen molar-refractivity contribution in [1.29, 1.82) is 0 Å². The Labute approximate surface area is 190 Å². The lowest BCUT2D eigenvalue weighted by atomic mass is 10.1. The molecule has 9 heteroatoms. The summed E-state index contributed by atoms with van der Waals surface area (Å²) in [6.07, 6.45) is 0. The molecule has 158 valence electrons. The number of carbonyl (C=O) groups excluding carboxylic acids is 2. The van der Waals surface area contributed by atoms with Crippen molar-refractivity contribution in [3.63, 3.8) is 0 Å². The lowest BCUT2D eigenvalue weighted by Gasteiger charge is -2.35. The Morgan fingerprint density at radius 1 is 0.867 bits per heavy atom. The van der Waals surface area contributed by atoms with Gasteiger partial charge in [0.2, 0.25) is 0 Å². The highest BCUT2D eigenvalue weighted by Gasteiger charge is 2.35. The molecule has 30 heavy (non-hydrogen) atoms. The minimum Gasteiger partial charge on any atom is -0.303 e. The van der Waals surface area contributed by atoms with E-state index in [1.807, 2.05) is 12.1 Å². The van der Waals surface area contributed by atoms with Gasteiger partial charge in [-0.3, -0.25) is 19.9 Å². The van der Waals surface area contributed by atoms with Crippen LogP contribution in [-0.4, -0.2) is 60.9 Å². The Balaban J connectivity index is 1.26. The SMILES string of the molecule is O=C1C(=O)N(CCN2CCN(NCc3ccc(Cl)cc3Cl)CC2)c2ccc(Cl)cc21. The first-order chi connectivity index (χ1) is 14.4. The van der Waals surface area contributed by atoms with Crippen LogP contribution in [-0.2, 0) is 11.3 Å². The van der Waals surface area contributed by atoms with Crippen molar-refractivity contribution >= 4 is 52.2 Å². The van der Waals surface area contributed by atoms with Gasteiger partial charge in [0.25, 0.3) is 11.7 Å². The number of carbonyl (C=O) groups is 2. The first-order valence-corrected chi connectivity index (χ1v) is 10.9. The van der Waals surface area contributed by atoms with Crippen LogP contribution >= 0.6 is 34.8 Å². The molecule has 6 nitrogen and oxygen atoms in total. The van der Waals surface area contributed by atoms with Crippen molar-refractivity contribution in [3.8, 4) is 0 Å². The number of fused-ring (bicyclic) bond motifs is 1. The summed E-state index contributed by atoms with van der Waals surface area (Å²) in [5.74, 6) is -0.963. The molecule has 0 radical (unpaired) electrons. The van der Waals surface area contributed by atoms with Gasteiger partial charge in [0.1, 0.15) is 0 Å². The van der Waals surface area contributed by atoms with Gasteiger partial charge in [0, 0.05) is 60.9 Å². The Kier molecular flexibility index (Phi) is 6.63. The number of hydrazine groups is 1. The summed E-state index contributed by atoms with van der Waals surface area (Å²) >= 11 is 18.1. The predicted octanol–water partition coefficient (Wildman–Crippen LogP) is 3.50. The van der Waals surface area contributed by atoms with Crippen LogP contribution in [0.5, 0.6) is 0 Å². The highest BCUT2D eigenvalue weighted by atomic mass is 35.5. The summed E-state index contributed by atoms with van der Waals surface area (Å²) in [6.45, 7) is 5.26. The van der Waals surface area contributed by atoms with Crippen LogP contribution in [0.1, 0.15) is 15.9 Å². The molecule has 0 spiro atoms. The minimum atomic E-state index is -0.484. The van der Waals surface area contributed by atoms with Gasteiger partial charge in [-0.15, -0.1) is 0 Å². The van der Waals surface area contributed by atoms with Crippen molar-refractivity contribution in [1.82, 2.24) is 15.3 Å². The van der Waals surface area contributed by atoms with Crippen LogP contribution in [0.4, 0.5) is 5.69 Å². The van der Waals surface area contributed by atoms with E-state index >= 15 is 0 Å². The number of hydrogen-bond donors (Lipinski definition) is 1. The van der Waals surface area contributed by atoms with E-state index in [1.165, 1.54) is 0 Å². The average Bonchev–Trinajstić information content (AvgIpc) is 2.96. The third-order valence-electron chi connectivity index (χ3n) is 5.45. The van der Waals surface area contributed by atoms with E-state index in [1.54, 1.807) is 29.2 Å². The van der Waals surface area contributed by atoms with Gasteiger partial charge in [0.05, 0.1) is 11.3 Å². The number of nitrogens with zero attached hydrogens (tertiary/aromatic N) is 3. The first-order valence-electron chi connectivity index (χ1n) is 9.73. The molecule has 1 saturated heterocycles. The summed E-state index contributed by atoms with van der Waals surface area (Å²) in [7, 11) is 0. The number of ketones is 1. The molecule has 2 aliphatic rings. The lowest BCUT2D eigenvalue weighted by molar-refractivity contribution is -0.114. The van der Waals surface area contributed by atoms with Crippen LogP contribution in [0.25, 0.3) is 0 Å². The number of nitrogens with one attached hydrogen (secondary N) is 1. The van der Waals surface area contributed by atoms with Crippen molar-refractivity contribution in [2.24, 2.45) is 0 Å². The smallest absolute Gasteiger partial charge is 0.299 e. The highest BCUT2D eigenvalue weighted by molar-refractivity contribution is 6.52. The van der Waals surface area contributed by atoms with Gasteiger partial charge < -0.3 is 4.90 Å². The fraction of sp³-hybridized carbons (Fsp3) is 0.333. The van der Waals surface area contributed by atoms with E-state index in [0.717, 1.165) is 31.7 Å². The van der Waals surface area contributed by atoms with Crippen molar-refractivity contribution < 1.29 is 9.59 Å². The lowest BCUT2D eigenvalue weighted by Crippen LogP contribution is -2.53. The molecule has 4 rings (SSSR count). The fourth-order valence-electron chi connectivity index (χ4n) is 3.73. The summed E-state index contributed by atoms with van der Waals surface area (Å²) in [5.41, 5.74) is 5.44. The number of benzene rings is 2. The van der Waals surface area contributed by atoms with Gasteiger partial charge in [-0.25, -0.2) is 5.01 Å². The van der Waals surface area contributed by atoms with Crippen LogP contribution in [0.2, 0.25) is 15.1 Å². The normalized spacial score (nSPS) is 17.6. The molecule has 2 aromatic carbocycles. The standard InChI is InChI=1S/C21H21Cl3N4O2/c22-15-3-4-19-17(11-15)20(29)21(30)28(19)10-7-26-5-8-27(9-6-26)25-13-14-1-2-16(23)12-18(14)24/h1-4,11-12,25H,5-10,13H2. The van der Waals surface area contributed by atoms with Crippen LogP contribution < -0.4 is 10.3 Å². The molecule has 0 aromatic heterocycles. The second kappa shape index (κ2) is 9.22. The number of Topliss-reactive ketones (excluding diaryl/α,β-unsaturated/α-hetero) is 1. The van der Waals surface area contributed by atoms with Gasteiger partial charge >= 0.3 is 0 Å². The largest absolute Gasteiger partial charge is 0.303 e. The highest BCUT2D eigenvalue weighted by Crippen LogP contribution is 2.31. The third-order valence-corrected chi connectivity index (χ3v) is 6.28. The molecule has 2 aromatic rings. The number of rotatable bonds is 6. The maximum Gasteiger partial charge on any atom is 0.299 e. The second-order valence-electron chi connectivity index (χ2n) is 7.35. The second-order valence-corrected chi connectivity index (χ2v) is 8.63. The van der Waals surface area contributed by atoms with E-state index < -0.39 is 11.7 Å². The average molecular weight is 468 g/mol. The molecule has 1 fully saturated rings. The third kappa shape index (κ3) is 4.64. The van der Waals surface area contributed by atoms with E-state index in [2.05, 4.69) is 15.3 Å².